The molecule has 0 amide bonds. The molecule has 1 heterocycles. The maximum absolute atomic E-state index is 5.57. The van der Waals surface area contributed by atoms with Gasteiger partial charge in [-0.1, -0.05) is 17.7 Å². The van der Waals surface area contributed by atoms with Crippen molar-refractivity contribution >= 4 is 11.6 Å². The fourth-order valence-electron chi connectivity index (χ4n) is 0.721. The van der Waals surface area contributed by atoms with E-state index in [0.717, 1.165) is 12.0 Å². The van der Waals surface area contributed by atoms with Gasteiger partial charge in [-0.25, -0.2) is 4.98 Å². The highest BCUT2D eigenvalue weighted by atomic mass is 35.5. The molecule has 0 saturated carbocycles. The van der Waals surface area contributed by atoms with Crippen molar-refractivity contribution in [3.05, 3.63) is 29.0 Å². The van der Waals surface area contributed by atoms with Gasteiger partial charge in [0.2, 0.25) is 0 Å². The van der Waals surface area contributed by atoms with E-state index < -0.39 is 0 Å². The van der Waals surface area contributed by atoms with Crippen LogP contribution in [-0.4, -0.2) is 11.5 Å². The molecule has 54 valence electrons. The zero-order chi connectivity index (χ0) is 7.40. The Morgan fingerprint density at radius 2 is 2.30 bits per heavy atom. The van der Waals surface area contributed by atoms with Gasteiger partial charge in [0, 0.05) is 6.20 Å². The summed E-state index contributed by atoms with van der Waals surface area (Å²) in [6.45, 7) is 0.656. The zero-order valence-electron chi connectivity index (χ0n) is 5.55. The second-order valence-electron chi connectivity index (χ2n) is 2.03. The number of nitrogens with zero attached hydrogens (tertiary/aromatic N) is 1. The second kappa shape index (κ2) is 3.54. The Morgan fingerprint density at radius 1 is 1.50 bits per heavy atom. The van der Waals surface area contributed by atoms with E-state index in [9.17, 15) is 0 Å². The molecule has 0 aliphatic heterocycles. The molecule has 1 aromatic heterocycles. The number of halogens is 1. The van der Waals surface area contributed by atoms with E-state index >= 15 is 0 Å². The predicted molar refractivity (Wildman–Crippen MR) is 42.0 cm³/mol. The summed E-state index contributed by atoms with van der Waals surface area (Å²) in [6, 6.07) is 3.70. The molecule has 0 bridgehead atoms. The highest BCUT2D eigenvalue weighted by Gasteiger charge is 1.90. The SMILES string of the molecule is NCCc1ccc(Cl)nc1. The minimum Gasteiger partial charge on any atom is -0.330 e. The van der Waals surface area contributed by atoms with Crippen LogP contribution in [0.1, 0.15) is 5.56 Å². The Morgan fingerprint density at radius 3 is 2.80 bits per heavy atom. The van der Waals surface area contributed by atoms with Gasteiger partial charge < -0.3 is 5.73 Å². The maximum atomic E-state index is 5.57. The lowest BCUT2D eigenvalue weighted by molar-refractivity contribution is 0.959. The van der Waals surface area contributed by atoms with Gasteiger partial charge in [0.15, 0.2) is 0 Å². The van der Waals surface area contributed by atoms with E-state index in [1.807, 2.05) is 6.07 Å². The van der Waals surface area contributed by atoms with Crippen LogP contribution in [0.15, 0.2) is 18.3 Å². The number of rotatable bonds is 2. The monoisotopic (exact) mass is 156 g/mol. The summed E-state index contributed by atoms with van der Waals surface area (Å²) in [5.74, 6) is 0. The van der Waals surface area contributed by atoms with Crippen molar-refractivity contribution in [2.24, 2.45) is 5.73 Å². The molecule has 0 aliphatic carbocycles. The first kappa shape index (κ1) is 7.51. The molecule has 0 atom stereocenters. The van der Waals surface area contributed by atoms with Gasteiger partial charge in [-0.05, 0) is 24.6 Å². The Labute approximate surface area is 65.0 Å². The molecular formula is C7H9ClN2. The first-order chi connectivity index (χ1) is 4.83. The third-order valence-corrected chi connectivity index (χ3v) is 1.45. The molecule has 2 N–H and O–H groups in total. The Balaban J connectivity index is 2.69. The van der Waals surface area contributed by atoms with E-state index in [1.54, 1.807) is 12.3 Å². The zero-order valence-corrected chi connectivity index (χ0v) is 6.30. The van der Waals surface area contributed by atoms with Gasteiger partial charge in [0.25, 0.3) is 0 Å². The third-order valence-electron chi connectivity index (χ3n) is 1.22. The van der Waals surface area contributed by atoms with Gasteiger partial charge in [0.05, 0.1) is 0 Å². The Bertz CT molecular complexity index is 195. The first-order valence-corrected chi connectivity index (χ1v) is 3.51. The van der Waals surface area contributed by atoms with Crippen LogP contribution < -0.4 is 5.73 Å². The van der Waals surface area contributed by atoms with Crippen molar-refractivity contribution < 1.29 is 0 Å². The van der Waals surface area contributed by atoms with Crippen molar-refractivity contribution in [1.82, 2.24) is 4.98 Å². The molecule has 2 nitrogen and oxygen atoms in total. The van der Waals surface area contributed by atoms with Crippen molar-refractivity contribution in [2.45, 2.75) is 6.42 Å². The lowest BCUT2D eigenvalue weighted by Crippen LogP contribution is -2.02. The number of aromatic nitrogens is 1. The standard InChI is InChI=1S/C7H9ClN2/c8-7-2-1-6(3-4-9)5-10-7/h1-2,5H,3-4,9H2. The smallest absolute Gasteiger partial charge is 0.129 e. The van der Waals surface area contributed by atoms with Gasteiger partial charge in [-0.2, -0.15) is 0 Å². The molecule has 0 saturated heterocycles. The van der Waals surface area contributed by atoms with Crippen LogP contribution in [0.4, 0.5) is 0 Å². The Hall–Kier alpha value is -0.600. The second-order valence-corrected chi connectivity index (χ2v) is 2.42. The average Bonchev–Trinajstić information content (AvgIpc) is 1.95. The van der Waals surface area contributed by atoms with Crippen molar-refractivity contribution in [3.63, 3.8) is 0 Å². The molecule has 1 aromatic rings. The van der Waals surface area contributed by atoms with Gasteiger partial charge >= 0.3 is 0 Å². The van der Waals surface area contributed by atoms with Crippen LogP contribution in [0.2, 0.25) is 5.15 Å². The van der Waals surface area contributed by atoms with Crippen molar-refractivity contribution in [3.8, 4) is 0 Å². The maximum Gasteiger partial charge on any atom is 0.129 e. The normalized spacial score (nSPS) is 9.80. The highest BCUT2D eigenvalue weighted by molar-refractivity contribution is 6.29. The van der Waals surface area contributed by atoms with Crippen molar-refractivity contribution in [1.29, 1.82) is 0 Å². The minimum atomic E-state index is 0.528. The van der Waals surface area contributed by atoms with E-state index in [2.05, 4.69) is 4.98 Å². The van der Waals surface area contributed by atoms with Crippen LogP contribution in [0, 0.1) is 0 Å². The van der Waals surface area contributed by atoms with E-state index in [1.165, 1.54) is 0 Å². The number of nitrogens with two attached hydrogens (primary N) is 1. The fourth-order valence-corrected chi connectivity index (χ4v) is 0.833. The summed E-state index contributed by atoms with van der Waals surface area (Å²) in [7, 11) is 0. The van der Waals surface area contributed by atoms with Gasteiger partial charge in [-0.3, -0.25) is 0 Å². The van der Waals surface area contributed by atoms with Crippen LogP contribution >= 0.6 is 11.6 Å². The lowest BCUT2D eigenvalue weighted by Gasteiger charge is -1.95. The first-order valence-electron chi connectivity index (χ1n) is 3.13. The van der Waals surface area contributed by atoms with Crippen LogP contribution in [-0.2, 0) is 6.42 Å². The summed E-state index contributed by atoms with van der Waals surface area (Å²) >= 11 is 5.57. The van der Waals surface area contributed by atoms with Gasteiger partial charge in [-0.15, -0.1) is 0 Å². The van der Waals surface area contributed by atoms with E-state index in [0.29, 0.717) is 11.7 Å². The summed E-state index contributed by atoms with van der Waals surface area (Å²) < 4.78 is 0. The molecule has 0 fully saturated rings. The summed E-state index contributed by atoms with van der Waals surface area (Å²) in [4.78, 5) is 3.91. The molecule has 0 aromatic carbocycles. The molecule has 0 spiro atoms. The van der Waals surface area contributed by atoms with Crippen LogP contribution in [0.3, 0.4) is 0 Å². The fraction of sp³-hybridized carbons (Fsp3) is 0.286. The van der Waals surface area contributed by atoms with E-state index in [4.69, 9.17) is 17.3 Å². The summed E-state index contributed by atoms with van der Waals surface area (Å²) in [5.41, 5.74) is 6.47. The Kier molecular flexibility index (Phi) is 2.66. The van der Waals surface area contributed by atoms with Crippen molar-refractivity contribution in [2.75, 3.05) is 6.54 Å². The molecule has 10 heavy (non-hydrogen) atoms. The summed E-state index contributed by atoms with van der Waals surface area (Å²) in [5, 5.41) is 0.528. The topological polar surface area (TPSA) is 38.9 Å². The number of pyridine rings is 1. The molecular weight excluding hydrogens is 148 g/mol. The predicted octanol–water partition coefficient (Wildman–Crippen LogP) is 1.24. The highest BCUT2D eigenvalue weighted by Crippen LogP contribution is 2.04. The van der Waals surface area contributed by atoms with Gasteiger partial charge in [0.1, 0.15) is 5.15 Å². The molecule has 1 rings (SSSR count). The largest absolute Gasteiger partial charge is 0.330 e. The lowest BCUT2D eigenvalue weighted by atomic mass is 10.2. The van der Waals surface area contributed by atoms with E-state index in [-0.39, 0.29) is 0 Å². The molecule has 0 aliphatic rings. The number of hydrogen-bond donors (Lipinski definition) is 1. The molecule has 0 radical (unpaired) electrons. The third kappa shape index (κ3) is 1.97. The molecule has 3 heteroatoms. The van der Waals surface area contributed by atoms with Crippen LogP contribution in [0.5, 0.6) is 0 Å². The average molecular weight is 157 g/mol. The minimum absolute atomic E-state index is 0.528. The quantitative estimate of drug-likeness (QED) is 0.655. The van der Waals surface area contributed by atoms with Crippen LogP contribution in [0.25, 0.3) is 0 Å². The summed E-state index contributed by atoms with van der Waals surface area (Å²) in [6.07, 6.45) is 2.61. The molecule has 0 unspecified atom stereocenters. The number of hydrogen-bond acceptors (Lipinski definition) is 2.